The van der Waals surface area contributed by atoms with Crippen LogP contribution in [-0.4, -0.2) is 4.98 Å². The molecule has 0 aromatic carbocycles. The number of aromatic nitrogens is 1. The Morgan fingerprint density at radius 3 is 2.87 bits per heavy atom. The van der Waals surface area contributed by atoms with Gasteiger partial charge in [-0.15, -0.1) is 0 Å². The highest BCUT2D eigenvalue weighted by atomic mass is 16.5. The summed E-state index contributed by atoms with van der Waals surface area (Å²) in [6.07, 6.45) is 8.68. The molecule has 2 heterocycles. The summed E-state index contributed by atoms with van der Waals surface area (Å²) < 4.78 is 10.3. The molecular weight excluding hydrogens is 192 g/mol. The maximum absolute atomic E-state index is 5.19. The third kappa shape index (κ3) is 2.49. The second kappa shape index (κ2) is 4.04. The van der Waals surface area contributed by atoms with Gasteiger partial charge in [0.15, 0.2) is 5.88 Å². The second-order valence-electron chi connectivity index (χ2n) is 3.26. The van der Waals surface area contributed by atoms with Gasteiger partial charge in [0.05, 0.1) is 11.4 Å². The van der Waals surface area contributed by atoms with Gasteiger partial charge >= 0.3 is 0 Å². The summed E-state index contributed by atoms with van der Waals surface area (Å²) >= 11 is 0. The summed E-state index contributed by atoms with van der Waals surface area (Å²) in [5.41, 5.74) is 1.86. The van der Waals surface area contributed by atoms with Crippen molar-refractivity contribution >= 4 is 6.08 Å². The molecule has 78 valence electrons. The highest BCUT2D eigenvalue weighted by Gasteiger charge is 2.03. The first-order chi connectivity index (χ1) is 7.24. The molecule has 0 unspecified atom stereocenters. The van der Waals surface area contributed by atoms with E-state index >= 15 is 0 Å². The van der Waals surface area contributed by atoms with Gasteiger partial charge in [-0.05, 0) is 19.9 Å². The Labute approximate surface area is 88.0 Å². The van der Waals surface area contributed by atoms with Crippen LogP contribution in [0.4, 0.5) is 0 Å². The molecule has 0 bridgehead atoms. The van der Waals surface area contributed by atoms with E-state index in [0.29, 0.717) is 11.8 Å². The number of nitrogens with one attached hydrogen (secondary N) is 1. The van der Waals surface area contributed by atoms with Gasteiger partial charge in [0, 0.05) is 6.08 Å². The van der Waals surface area contributed by atoms with Gasteiger partial charge in [-0.3, -0.25) is 0 Å². The quantitative estimate of drug-likeness (QED) is 0.803. The van der Waals surface area contributed by atoms with Gasteiger partial charge in [-0.1, -0.05) is 6.08 Å². The molecule has 1 N–H and O–H groups in total. The van der Waals surface area contributed by atoms with Crippen molar-refractivity contribution in [3.8, 4) is 0 Å². The van der Waals surface area contributed by atoms with E-state index in [1.165, 1.54) is 0 Å². The lowest BCUT2D eigenvalue weighted by molar-refractivity contribution is 0.357. The zero-order chi connectivity index (χ0) is 10.7. The van der Waals surface area contributed by atoms with Crippen molar-refractivity contribution < 1.29 is 9.15 Å². The molecule has 0 amide bonds. The molecule has 1 aromatic rings. The Morgan fingerprint density at radius 1 is 1.40 bits per heavy atom. The predicted octanol–water partition coefficient (Wildman–Crippen LogP) is 2.32. The number of hydrogen-bond acceptors (Lipinski definition) is 4. The number of ether oxygens (including phenoxy) is 1. The average Bonchev–Trinajstić information content (AvgIpc) is 2.76. The standard InChI is InChI=1S/C11H12N2O2/c1-8-6-14-10(12-8)4-3-5-11-13-9(2)7-15-11/h3-7,12H,1-2H3/b5-3+,10-4-. The molecule has 2 rings (SSSR count). The Bertz CT molecular complexity index is 441. The Morgan fingerprint density at radius 2 is 2.27 bits per heavy atom. The number of hydrogen-bond donors (Lipinski definition) is 1. The Kier molecular flexibility index (Phi) is 2.58. The smallest absolute Gasteiger partial charge is 0.218 e. The third-order valence-electron chi connectivity index (χ3n) is 1.81. The summed E-state index contributed by atoms with van der Waals surface area (Å²) in [7, 11) is 0. The van der Waals surface area contributed by atoms with E-state index in [4.69, 9.17) is 9.15 Å². The van der Waals surface area contributed by atoms with Crippen LogP contribution in [0.5, 0.6) is 0 Å². The van der Waals surface area contributed by atoms with E-state index < -0.39 is 0 Å². The van der Waals surface area contributed by atoms with E-state index in [1.54, 1.807) is 18.6 Å². The molecule has 0 saturated heterocycles. The van der Waals surface area contributed by atoms with Crippen LogP contribution >= 0.6 is 0 Å². The van der Waals surface area contributed by atoms with Gasteiger partial charge < -0.3 is 14.5 Å². The van der Waals surface area contributed by atoms with Crippen LogP contribution < -0.4 is 5.32 Å². The van der Waals surface area contributed by atoms with E-state index in [0.717, 1.165) is 11.4 Å². The summed E-state index contributed by atoms with van der Waals surface area (Å²) in [5.74, 6) is 1.29. The fourth-order valence-electron chi connectivity index (χ4n) is 1.15. The van der Waals surface area contributed by atoms with Gasteiger partial charge in [0.2, 0.25) is 5.89 Å². The molecule has 1 aliphatic rings. The first-order valence-corrected chi connectivity index (χ1v) is 4.65. The van der Waals surface area contributed by atoms with Crippen LogP contribution in [0.1, 0.15) is 18.5 Å². The fraction of sp³-hybridized carbons (Fsp3) is 0.182. The average molecular weight is 204 g/mol. The molecule has 0 aliphatic carbocycles. The number of aryl methyl sites for hydroxylation is 1. The van der Waals surface area contributed by atoms with Crippen molar-refractivity contribution in [1.29, 1.82) is 0 Å². The van der Waals surface area contributed by atoms with E-state index in [-0.39, 0.29) is 0 Å². The van der Waals surface area contributed by atoms with E-state index in [1.807, 2.05) is 26.0 Å². The molecule has 0 fully saturated rings. The van der Waals surface area contributed by atoms with Crippen molar-refractivity contribution in [2.24, 2.45) is 0 Å². The molecule has 4 nitrogen and oxygen atoms in total. The lowest BCUT2D eigenvalue weighted by Crippen LogP contribution is -2.02. The highest BCUT2D eigenvalue weighted by Crippen LogP contribution is 2.08. The molecule has 4 heteroatoms. The van der Waals surface area contributed by atoms with E-state index in [9.17, 15) is 0 Å². The van der Waals surface area contributed by atoms with Gasteiger partial charge in [0.1, 0.15) is 12.5 Å². The summed E-state index contributed by atoms with van der Waals surface area (Å²) in [5, 5.41) is 3.04. The van der Waals surface area contributed by atoms with Crippen LogP contribution in [0.15, 0.2) is 40.7 Å². The lowest BCUT2D eigenvalue weighted by atomic mass is 10.4. The largest absolute Gasteiger partial charge is 0.447 e. The maximum atomic E-state index is 5.19. The van der Waals surface area contributed by atoms with Crippen LogP contribution in [0.2, 0.25) is 0 Å². The van der Waals surface area contributed by atoms with Gasteiger partial charge in [-0.2, -0.15) is 0 Å². The lowest BCUT2D eigenvalue weighted by Gasteiger charge is -1.95. The SMILES string of the molecule is CC1=CO/C(=C\C=C\c2nc(C)co2)N1. The van der Waals surface area contributed by atoms with Crippen molar-refractivity contribution in [1.82, 2.24) is 10.3 Å². The van der Waals surface area contributed by atoms with Crippen LogP contribution in [0.3, 0.4) is 0 Å². The minimum atomic E-state index is 0.590. The first kappa shape index (κ1) is 9.58. The number of rotatable bonds is 2. The minimum absolute atomic E-state index is 0.590. The molecule has 0 spiro atoms. The molecule has 0 radical (unpaired) electrons. The molecule has 1 aliphatic heterocycles. The minimum Gasteiger partial charge on any atom is -0.447 e. The highest BCUT2D eigenvalue weighted by molar-refractivity contribution is 5.41. The van der Waals surface area contributed by atoms with Crippen molar-refractivity contribution in [2.75, 3.05) is 0 Å². The molecule has 0 atom stereocenters. The monoisotopic (exact) mass is 204 g/mol. The van der Waals surface area contributed by atoms with Crippen LogP contribution in [0, 0.1) is 6.92 Å². The van der Waals surface area contributed by atoms with Crippen molar-refractivity contribution in [2.45, 2.75) is 13.8 Å². The molecule has 0 saturated carbocycles. The normalized spacial score (nSPS) is 18.0. The fourth-order valence-corrected chi connectivity index (χ4v) is 1.15. The molecular formula is C11H12N2O2. The Hall–Kier alpha value is -1.97. The van der Waals surface area contributed by atoms with Crippen LogP contribution in [0.25, 0.3) is 6.08 Å². The van der Waals surface area contributed by atoms with Gasteiger partial charge in [0.25, 0.3) is 0 Å². The number of nitrogens with zero attached hydrogens (tertiary/aromatic N) is 1. The zero-order valence-corrected chi connectivity index (χ0v) is 8.65. The first-order valence-electron chi connectivity index (χ1n) is 4.65. The topological polar surface area (TPSA) is 47.3 Å². The maximum Gasteiger partial charge on any atom is 0.218 e. The van der Waals surface area contributed by atoms with Gasteiger partial charge in [-0.25, -0.2) is 4.98 Å². The third-order valence-corrected chi connectivity index (χ3v) is 1.81. The van der Waals surface area contributed by atoms with Crippen molar-refractivity contribution in [3.05, 3.63) is 47.8 Å². The summed E-state index contributed by atoms with van der Waals surface area (Å²) in [6, 6.07) is 0. The van der Waals surface area contributed by atoms with Crippen molar-refractivity contribution in [3.63, 3.8) is 0 Å². The predicted molar refractivity (Wildman–Crippen MR) is 56.3 cm³/mol. The van der Waals surface area contributed by atoms with E-state index in [2.05, 4.69) is 10.3 Å². The van der Waals surface area contributed by atoms with Crippen LogP contribution in [-0.2, 0) is 4.74 Å². The Balaban J connectivity index is 1.96. The molecule has 1 aromatic heterocycles. The zero-order valence-electron chi connectivity index (χ0n) is 8.65. The summed E-state index contributed by atoms with van der Waals surface area (Å²) in [4.78, 5) is 4.13. The number of oxazole rings is 1. The molecule has 15 heavy (non-hydrogen) atoms. The second-order valence-corrected chi connectivity index (χ2v) is 3.26. The number of allylic oxidation sites excluding steroid dienone is 3. The summed E-state index contributed by atoms with van der Waals surface area (Å²) in [6.45, 7) is 3.82.